The summed E-state index contributed by atoms with van der Waals surface area (Å²) in [7, 11) is 0. The molecule has 0 aliphatic rings. The number of aryl methyl sites for hydroxylation is 2. The van der Waals surface area contributed by atoms with Gasteiger partial charge < -0.3 is 10.2 Å². The van der Waals surface area contributed by atoms with E-state index in [1.165, 1.54) is 6.07 Å². The minimum Gasteiger partial charge on any atom is -0.478 e. The van der Waals surface area contributed by atoms with Crippen LogP contribution in [0.5, 0.6) is 0 Å². The van der Waals surface area contributed by atoms with Crippen molar-refractivity contribution in [3.05, 3.63) is 89.0 Å². The average molecular weight is 386 g/mol. The summed E-state index contributed by atoms with van der Waals surface area (Å²) in [6, 6.07) is 20.5. The first-order valence-electron chi connectivity index (χ1n) is 9.73. The van der Waals surface area contributed by atoms with Gasteiger partial charge >= 0.3 is 11.9 Å². The van der Waals surface area contributed by atoms with Crippen LogP contribution in [0.4, 0.5) is 0 Å². The zero-order chi connectivity index (χ0) is 21.0. The highest BCUT2D eigenvalue weighted by atomic mass is 16.4. The molecule has 146 valence electrons. The number of aromatic carboxylic acids is 2. The molecular weight excluding hydrogens is 363 g/mol. The average Bonchev–Trinajstić information content (AvgIpc) is 2.74. The summed E-state index contributed by atoms with van der Waals surface area (Å²) in [5, 5.41) is 19.1. The topological polar surface area (TPSA) is 74.6 Å². The zero-order valence-corrected chi connectivity index (χ0v) is 16.6. The summed E-state index contributed by atoms with van der Waals surface area (Å²) < 4.78 is 0. The fraction of sp³-hybridized carbons (Fsp3) is 0.167. The molecule has 29 heavy (non-hydrogen) atoms. The molecule has 0 aliphatic carbocycles. The van der Waals surface area contributed by atoms with Gasteiger partial charge in [0.15, 0.2) is 0 Å². The maximum atomic E-state index is 11.7. The Morgan fingerprint density at radius 3 is 1.52 bits per heavy atom. The van der Waals surface area contributed by atoms with Crippen molar-refractivity contribution in [3.63, 3.8) is 0 Å². The molecule has 0 aliphatic heterocycles. The van der Waals surface area contributed by atoms with E-state index in [0.717, 1.165) is 34.9 Å². The Labute approximate surface area is 170 Å². The van der Waals surface area contributed by atoms with E-state index in [4.69, 9.17) is 0 Å². The summed E-state index contributed by atoms with van der Waals surface area (Å²) in [4.78, 5) is 23.4. The van der Waals surface area contributed by atoms with Crippen molar-refractivity contribution in [1.82, 2.24) is 0 Å². The smallest absolute Gasteiger partial charge is 0.335 e. The third kappa shape index (κ3) is 4.24. The lowest BCUT2D eigenvalue weighted by Gasteiger charge is -2.22. The van der Waals surface area contributed by atoms with E-state index in [1.807, 2.05) is 36.4 Å². The van der Waals surface area contributed by atoms with E-state index in [-0.39, 0.29) is 17.8 Å². The number of rotatable bonds is 7. The molecule has 0 amide bonds. The third-order valence-corrected chi connectivity index (χ3v) is 5.28. The summed E-state index contributed by atoms with van der Waals surface area (Å²) in [6.07, 6.45) is 1.65. The predicted molar refractivity (Wildman–Crippen MR) is 117 cm³/mol. The van der Waals surface area contributed by atoms with Crippen LogP contribution in [0.15, 0.2) is 66.7 Å². The van der Waals surface area contributed by atoms with Crippen LogP contribution in [0.25, 0.3) is 0 Å². The molecule has 3 aromatic rings. The number of carboxylic acids is 2. The van der Waals surface area contributed by atoms with Crippen molar-refractivity contribution in [1.29, 1.82) is 0 Å². The van der Waals surface area contributed by atoms with Crippen LogP contribution >= 0.6 is 0 Å². The maximum Gasteiger partial charge on any atom is 0.335 e. The quantitative estimate of drug-likeness (QED) is 0.613. The number of carbonyl (C=O) groups is 2. The molecule has 0 bridgehead atoms. The van der Waals surface area contributed by atoms with Gasteiger partial charge in [0, 0.05) is 0 Å². The lowest BCUT2D eigenvalue weighted by atomic mass is 9.35. The van der Waals surface area contributed by atoms with E-state index in [1.54, 1.807) is 12.1 Å². The molecule has 0 aromatic heterocycles. The minimum atomic E-state index is -1.14. The van der Waals surface area contributed by atoms with Gasteiger partial charge in [-0.15, -0.1) is 0 Å². The van der Waals surface area contributed by atoms with Crippen LogP contribution in [0.2, 0.25) is 0 Å². The third-order valence-electron chi connectivity index (χ3n) is 5.28. The normalized spacial score (nSPS) is 10.6. The number of hydrogen-bond donors (Lipinski definition) is 2. The standard InChI is InChI=1S/C24H23BO4/c1-3-16-9-5-7-11-21(16)25(22-12-8-6-10-17(22)4-2)20-14-18(23(26)27)13-19(15-20)24(28)29/h5-15H,3-4H2,1-2H3,(H,26,27)(H,28,29). The van der Waals surface area contributed by atoms with Gasteiger partial charge in [0.1, 0.15) is 0 Å². The Hall–Kier alpha value is -3.34. The summed E-state index contributed by atoms with van der Waals surface area (Å²) >= 11 is 0. The first-order valence-corrected chi connectivity index (χ1v) is 9.73. The Balaban J connectivity index is 2.35. The SMILES string of the molecule is CCc1ccccc1B(c1cc(C(=O)O)cc(C(=O)O)c1)c1ccccc1CC. The Kier molecular flexibility index (Phi) is 6.18. The molecule has 2 N–H and O–H groups in total. The lowest BCUT2D eigenvalue weighted by molar-refractivity contribution is 0.0696. The van der Waals surface area contributed by atoms with Crippen LogP contribution in [-0.2, 0) is 12.8 Å². The van der Waals surface area contributed by atoms with Gasteiger partial charge in [-0.3, -0.25) is 0 Å². The van der Waals surface area contributed by atoms with Crippen LogP contribution in [0, 0.1) is 0 Å². The van der Waals surface area contributed by atoms with Crippen molar-refractivity contribution in [2.75, 3.05) is 0 Å². The van der Waals surface area contributed by atoms with Crippen molar-refractivity contribution in [3.8, 4) is 0 Å². The van der Waals surface area contributed by atoms with E-state index in [0.29, 0.717) is 5.46 Å². The van der Waals surface area contributed by atoms with Gasteiger partial charge in [0.2, 0.25) is 6.71 Å². The minimum absolute atomic E-state index is 0.0205. The molecule has 3 rings (SSSR count). The molecule has 0 unspecified atom stereocenters. The monoisotopic (exact) mass is 386 g/mol. The molecule has 0 saturated heterocycles. The lowest BCUT2D eigenvalue weighted by Crippen LogP contribution is -2.54. The van der Waals surface area contributed by atoms with Gasteiger partial charge in [0.05, 0.1) is 11.1 Å². The molecular formula is C24H23BO4. The second-order valence-electron chi connectivity index (χ2n) is 6.99. The number of benzene rings is 3. The summed E-state index contributed by atoms with van der Waals surface area (Å²) in [6.45, 7) is 3.91. The maximum absolute atomic E-state index is 11.7. The molecule has 3 aromatic carbocycles. The van der Waals surface area contributed by atoms with Gasteiger partial charge in [0.25, 0.3) is 0 Å². The molecule has 4 nitrogen and oxygen atoms in total. The van der Waals surface area contributed by atoms with E-state index >= 15 is 0 Å². The second-order valence-corrected chi connectivity index (χ2v) is 6.99. The first-order chi connectivity index (χ1) is 14.0. The number of carboxylic acid groups (broad SMARTS) is 2. The Bertz CT molecular complexity index is 979. The summed E-state index contributed by atoms with van der Waals surface area (Å²) in [5.74, 6) is -2.28. The molecule has 0 fully saturated rings. The van der Waals surface area contributed by atoms with E-state index < -0.39 is 11.9 Å². The molecule has 0 spiro atoms. The van der Waals surface area contributed by atoms with Gasteiger partial charge in [-0.1, -0.05) is 102 Å². The van der Waals surface area contributed by atoms with Crippen LogP contribution in [0.1, 0.15) is 45.7 Å². The predicted octanol–water partition coefficient (Wildman–Crippen LogP) is 2.72. The molecule has 0 radical (unpaired) electrons. The summed E-state index contributed by atoms with van der Waals surface area (Å²) in [5.41, 5.74) is 5.07. The number of hydrogen-bond acceptors (Lipinski definition) is 2. The van der Waals surface area contributed by atoms with Crippen LogP contribution in [0.3, 0.4) is 0 Å². The van der Waals surface area contributed by atoms with Crippen molar-refractivity contribution in [2.45, 2.75) is 26.7 Å². The van der Waals surface area contributed by atoms with Gasteiger partial charge in [-0.25, -0.2) is 9.59 Å². The fourth-order valence-electron chi connectivity index (χ4n) is 3.87. The largest absolute Gasteiger partial charge is 0.478 e. The molecule has 0 saturated carbocycles. The van der Waals surface area contributed by atoms with Crippen LogP contribution < -0.4 is 16.4 Å². The second kappa shape index (κ2) is 8.78. The zero-order valence-electron chi connectivity index (χ0n) is 16.6. The molecule has 0 heterocycles. The first kappa shape index (κ1) is 20.4. The van der Waals surface area contributed by atoms with Crippen molar-refractivity contribution < 1.29 is 19.8 Å². The fourth-order valence-corrected chi connectivity index (χ4v) is 3.87. The molecule has 0 atom stereocenters. The highest BCUT2D eigenvalue weighted by Crippen LogP contribution is 2.10. The van der Waals surface area contributed by atoms with E-state index in [2.05, 4.69) is 26.0 Å². The Morgan fingerprint density at radius 2 is 1.14 bits per heavy atom. The van der Waals surface area contributed by atoms with Crippen molar-refractivity contribution in [2.24, 2.45) is 0 Å². The van der Waals surface area contributed by atoms with Gasteiger partial charge in [-0.2, -0.15) is 0 Å². The Morgan fingerprint density at radius 1 is 0.724 bits per heavy atom. The molecule has 5 heteroatoms. The van der Waals surface area contributed by atoms with Crippen molar-refractivity contribution >= 4 is 35.0 Å². The highest BCUT2D eigenvalue weighted by molar-refractivity contribution is 6.96. The van der Waals surface area contributed by atoms with Crippen LogP contribution in [-0.4, -0.2) is 28.9 Å². The van der Waals surface area contributed by atoms with E-state index in [9.17, 15) is 19.8 Å². The van der Waals surface area contributed by atoms with Gasteiger partial charge in [-0.05, 0) is 18.9 Å². The highest BCUT2D eigenvalue weighted by Gasteiger charge is 2.27.